The van der Waals surface area contributed by atoms with Gasteiger partial charge in [-0.05, 0) is 29.7 Å². The average Bonchev–Trinajstić information content (AvgIpc) is 2.79. The van der Waals surface area contributed by atoms with Crippen molar-refractivity contribution in [3.8, 4) is 0 Å². The summed E-state index contributed by atoms with van der Waals surface area (Å²) in [4.78, 5) is 13.5. The molecule has 2 N–H and O–H groups in total. The number of nitrogens with zero attached hydrogens (tertiary/aromatic N) is 1. The number of hydrogen-bond acceptors (Lipinski definition) is 3. The van der Waals surface area contributed by atoms with Crippen LogP contribution in [-0.4, -0.2) is 32.3 Å². The third-order valence-electron chi connectivity index (χ3n) is 3.71. The predicted molar refractivity (Wildman–Crippen MR) is 76.5 cm³/mol. The maximum atomic E-state index is 11.7. The van der Waals surface area contributed by atoms with Crippen LogP contribution >= 0.6 is 0 Å². The Bertz CT molecular complexity index is 640. The van der Waals surface area contributed by atoms with Gasteiger partial charge in [-0.15, -0.1) is 0 Å². The third-order valence-corrected chi connectivity index (χ3v) is 4.62. The zero-order valence-electron chi connectivity index (χ0n) is 11.3. The molecule has 1 saturated heterocycles. The number of carbonyl (C=O) groups excluding carboxylic acids is 1. The second-order valence-corrected chi connectivity index (χ2v) is 6.71. The number of amides is 1. The van der Waals surface area contributed by atoms with Gasteiger partial charge in [0.2, 0.25) is 15.9 Å². The zero-order chi connectivity index (χ0) is 14.9. The highest BCUT2D eigenvalue weighted by atomic mass is 32.2. The normalized spacial score (nSPS) is 22.8. The molecular formula is C14H18N2O3S. The number of benzene rings is 1. The minimum atomic E-state index is -3.70. The lowest BCUT2D eigenvalue weighted by atomic mass is 9.90. The Morgan fingerprint density at radius 1 is 1.45 bits per heavy atom. The van der Waals surface area contributed by atoms with Gasteiger partial charge < -0.3 is 4.90 Å². The van der Waals surface area contributed by atoms with Gasteiger partial charge in [0.25, 0.3) is 0 Å². The van der Waals surface area contributed by atoms with Crippen LogP contribution in [-0.2, 0) is 14.8 Å². The second-order valence-electron chi connectivity index (χ2n) is 5.15. The van der Waals surface area contributed by atoms with Gasteiger partial charge in [0.15, 0.2) is 0 Å². The van der Waals surface area contributed by atoms with Crippen molar-refractivity contribution in [2.75, 3.05) is 13.1 Å². The van der Waals surface area contributed by atoms with Gasteiger partial charge in [0.1, 0.15) is 0 Å². The smallest absolute Gasteiger partial charge is 0.245 e. The molecule has 1 amide bonds. The Labute approximate surface area is 119 Å². The van der Waals surface area contributed by atoms with Gasteiger partial charge in [-0.2, -0.15) is 0 Å². The topological polar surface area (TPSA) is 80.5 Å². The van der Waals surface area contributed by atoms with E-state index in [4.69, 9.17) is 5.14 Å². The van der Waals surface area contributed by atoms with E-state index in [9.17, 15) is 13.2 Å². The number of rotatable bonds is 3. The van der Waals surface area contributed by atoms with Crippen LogP contribution in [0.25, 0.3) is 0 Å². The molecule has 1 fully saturated rings. The van der Waals surface area contributed by atoms with Crippen LogP contribution < -0.4 is 5.14 Å². The number of nitrogens with two attached hydrogens (primary N) is 1. The lowest BCUT2D eigenvalue weighted by Gasteiger charge is -2.15. The quantitative estimate of drug-likeness (QED) is 0.847. The number of hydrogen-bond donors (Lipinski definition) is 1. The van der Waals surface area contributed by atoms with E-state index in [-0.39, 0.29) is 22.6 Å². The van der Waals surface area contributed by atoms with Gasteiger partial charge in [0.05, 0.1) is 4.90 Å². The van der Waals surface area contributed by atoms with Crippen LogP contribution in [0.15, 0.2) is 41.8 Å². The molecule has 2 atom stereocenters. The van der Waals surface area contributed by atoms with Crippen LogP contribution in [0.2, 0.25) is 0 Å². The first-order chi connectivity index (χ1) is 9.32. The first-order valence-corrected chi connectivity index (χ1v) is 7.91. The Hall–Kier alpha value is -1.66. The maximum absolute atomic E-state index is 11.7. The van der Waals surface area contributed by atoms with E-state index in [2.05, 4.69) is 6.58 Å². The van der Waals surface area contributed by atoms with E-state index in [0.717, 1.165) is 5.56 Å². The summed E-state index contributed by atoms with van der Waals surface area (Å²) in [7, 11) is -3.70. The summed E-state index contributed by atoms with van der Waals surface area (Å²) in [6.45, 7) is 6.75. The summed E-state index contributed by atoms with van der Waals surface area (Å²) in [5.74, 6) is 0.275. The molecule has 0 radical (unpaired) electrons. The first-order valence-electron chi connectivity index (χ1n) is 6.37. The van der Waals surface area contributed by atoms with E-state index in [1.54, 1.807) is 17.0 Å². The van der Waals surface area contributed by atoms with Gasteiger partial charge in [-0.1, -0.05) is 25.6 Å². The molecule has 1 aliphatic heterocycles. The zero-order valence-corrected chi connectivity index (χ0v) is 12.1. The molecule has 0 unspecified atom stereocenters. The molecule has 0 aliphatic carbocycles. The number of carbonyl (C=O) groups is 1. The van der Waals surface area contributed by atoms with Crippen molar-refractivity contribution in [2.45, 2.75) is 17.7 Å². The molecule has 1 aromatic rings. The summed E-state index contributed by atoms with van der Waals surface area (Å²) in [5, 5.41) is 5.15. The summed E-state index contributed by atoms with van der Waals surface area (Å²) in [5.41, 5.74) is 0.892. The molecule has 6 heteroatoms. The highest BCUT2D eigenvalue weighted by molar-refractivity contribution is 7.89. The molecule has 108 valence electrons. The highest BCUT2D eigenvalue weighted by Gasteiger charge is 2.32. The Morgan fingerprint density at radius 2 is 2.15 bits per heavy atom. The van der Waals surface area contributed by atoms with Crippen LogP contribution in [0.5, 0.6) is 0 Å². The first kappa shape index (κ1) is 14.7. The molecule has 20 heavy (non-hydrogen) atoms. The van der Waals surface area contributed by atoms with Crippen molar-refractivity contribution in [2.24, 2.45) is 11.1 Å². The van der Waals surface area contributed by atoms with Crippen molar-refractivity contribution >= 4 is 15.9 Å². The van der Waals surface area contributed by atoms with Crippen molar-refractivity contribution in [3.63, 3.8) is 0 Å². The van der Waals surface area contributed by atoms with E-state index in [1.165, 1.54) is 12.1 Å². The number of likely N-dealkylation sites (tertiary alicyclic amines) is 1. The van der Waals surface area contributed by atoms with Crippen LogP contribution in [0.1, 0.15) is 18.4 Å². The highest BCUT2D eigenvalue weighted by Crippen LogP contribution is 2.33. The molecule has 0 saturated carbocycles. The van der Waals surface area contributed by atoms with Crippen molar-refractivity contribution in [1.82, 2.24) is 4.90 Å². The van der Waals surface area contributed by atoms with E-state index < -0.39 is 10.0 Å². The fraction of sp³-hybridized carbons (Fsp3) is 0.357. The number of primary sulfonamides is 1. The van der Waals surface area contributed by atoms with E-state index in [1.807, 2.05) is 13.0 Å². The largest absolute Gasteiger partial charge is 0.338 e. The minimum absolute atomic E-state index is 0.0954. The molecule has 1 aliphatic rings. The number of sulfonamides is 1. The fourth-order valence-electron chi connectivity index (χ4n) is 2.63. The lowest BCUT2D eigenvalue weighted by molar-refractivity contribution is -0.125. The van der Waals surface area contributed by atoms with Crippen molar-refractivity contribution in [3.05, 3.63) is 42.5 Å². The minimum Gasteiger partial charge on any atom is -0.338 e. The van der Waals surface area contributed by atoms with Crippen LogP contribution in [0.4, 0.5) is 0 Å². The Balaban J connectivity index is 2.29. The molecule has 1 heterocycles. The molecular weight excluding hydrogens is 276 g/mol. The maximum Gasteiger partial charge on any atom is 0.245 e. The standard InChI is InChI=1S/C14H18N2O3S/c1-3-14(17)16-8-10(2)13(9-16)11-5-4-6-12(7-11)20(15,18)19/h3-7,10,13H,1,8-9H2,2H3,(H2,15,18,19)/t10-,13-/m1/s1. The summed E-state index contributed by atoms with van der Waals surface area (Å²) in [6.07, 6.45) is 1.30. The van der Waals surface area contributed by atoms with Crippen LogP contribution in [0.3, 0.4) is 0 Å². The van der Waals surface area contributed by atoms with E-state index in [0.29, 0.717) is 13.1 Å². The van der Waals surface area contributed by atoms with Gasteiger partial charge in [-0.3, -0.25) is 4.79 Å². The lowest BCUT2D eigenvalue weighted by Crippen LogP contribution is -2.26. The van der Waals surface area contributed by atoms with Gasteiger partial charge in [0, 0.05) is 19.0 Å². The average molecular weight is 294 g/mol. The molecule has 1 aromatic carbocycles. The summed E-state index contributed by atoms with van der Waals surface area (Å²) < 4.78 is 22.8. The Kier molecular flexibility index (Phi) is 3.96. The monoisotopic (exact) mass is 294 g/mol. The molecule has 0 spiro atoms. The SMILES string of the molecule is C=CC(=O)N1C[C@@H](C)[C@H](c2cccc(S(N)(=O)=O)c2)C1. The van der Waals surface area contributed by atoms with Gasteiger partial charge in [-0.25, -0.2) is 13.6 Å². The van der Waals surface area contributed by atoms with Crippen molar-refractivity contribution < 1.29 is 13.2 Å². The predicted octanol–water partition coefficient (Wildman–Crippen LogP) is 1.08. The summed E-state index contributed by atoms with van der Waals surface area (Å²) >= 11 is 0. The molecule has 0 bridgehead atoms. The molecule has 5 nitrogen and oxygen atoms in total. The third kappa shape index (κ3) is 2.91. The van der Waals surface area contributed by atoms with Crippen molar-refractivity contribution in [1.29, 1.82) is 0 Å². The molecule has 2 rings (SSSR count). The molecule has 0 aromatic heterocycles. The van der Waals surface area contributed by atoms with Gasteiger partial charge >= 0.3 is 0 Å². The van der Waals surface area contributed by atoms with E-state index >= 15 is 0 Å². The van der Waals surface area contributed by atoms with Crippen LogP contribution in [0, 0.1) is 5.92 Å². The second kappa shape index (κ2) is 5.38. The summed E-state index contributed by atoms with van der Waals surface area (Å²) in [6, 6.07) is 6.63. The Morgan fingerprint density at radius 3 is 2.75 bits per heavy atom. The fourth-order valence-corrected chi connectivity index (χ4v) is 3.20.